The smallest absolute Gasteiger partial charge is 0.180 e. The second-order valence-electron chi connectivity index (χ2n) is 8.54. The van der Waals surface area contributed by atoms with Gasteiger partial charge in [0.1, 0.15) is 29.5 Å². The molecule has 1 aromatic rings. The van der Waals surface area contributed by atoms with Crippen LogP contribution in [0.4, 0.5) is 0 Å². The zero-order chi connectivity index (χ0) is 27.4. The molecule has 0 atom stereocenters. The third-order valence-corrected chi connectivity index (χ3v) is 11.6. The Kier molecular flexibility index (Phi) is 19.7. The summed E-state index contributed by atoms with van der Waals surface area (Å²) in [5, 5.41) is -1.03. The van der Waals surface area contributed by atoms with Crippen LogP contribution in [0.5, 0.6) is 0 Å². The van der Waals surface area contributed by atoms with E-state index in [1.54, 1.807) is 85.7 Å². The number of rotatable bonds is 5. The van der Waals surface area contributed by atoms with Gasteiger partial charge in [-0.3, -0.25) is 0 Å². The Hall–Kier alpha value is -0.980. The Morgan fingerprint density at radius 2 is 0.676 bits per heavy atom. The van der Waals surface area contributed by atoms with Gasteiger partial charge < -0.3 is 0 Å². The van der Waals surface area contributed by atoms with Crippen molar-refractivity contribution in [1.29, 1.82) is 0 Å². The summed E-state index contributed by atoms with van der Waals surface area (Å²) < 4.78 is 85.1. The molecule has 0 saturated heterocycles. The van der Waals surface area contributed by atoms with Crippen molar-refractivity contribution in [3.63, 3.8) is 0 Å². The van der Waals surface area contributed by atoms with Gasteiger partial charge in [0.05, 0.1) is 25.9 Å². The van der Waals surface area contributed by atoms with E-state index in [1.165, 1.54) is 18.8 Å². The van der Waals surface area contributed by atoms with E-state index in [4.69, 9.17) is 0 Å². The zero-order valence-electron chi connectivity index (χ0n) is 21.6. The normalized spacial score (nSPS) is 12.0. The van der Waals surface area contributed by atoms with Crippen molar-refractivity contribution >= 4 is 39.3 Å². The first kappa shape index (κ1) is 40.2. The second-order valence-corrected chi connectivity index (χ2v) is 18.9. The predicted molar refractivity (Wildman–Crippen MR) is 145 cm³/mol. The van der Waals surface area contributed by atoms with Gasteiger partial charge in [0.2, 0.25) is 0 Å². The van der Waals surface area contributed by atoms with Crippen molar-refractivity contribution in [2.75, 3.05) is 18.8 Å². The molecule has 0 aromatic heterocycles. The van der Waals surface area contributed by atoms with Crippen LogP contribution in [0.25, 0.3) is 0 Å². The van der Waals surface area contributed by atoms with E-state index in [0.717, 1.165) is 0 Å². The lowest BCUT2D eigenvalue weighted by Gasteiger charge is -2.06. The van der Waals surface area contributed by atoms with Gasteiger partial charge in [-0.25, -0.2) is 33.7 Å². The fourth-order valence-corrected chi connectivity index (χ4v) is 1.96. The van der Waals surface area contributed by atoms with Crippen LogP contribution in [-0.4, -0.2) is 73.4 Å². The zero-order valence-corrected chi connectivity index (χ0v) is 24.9. The second kappa shape index (κ2) is 16.6. The van der Waals surface area contributed by atoms with E-state index in [0.29, 0.717) is 4.90 Å². The van der Waals surface area contributed by atoms with E-state index in [9.17, 15) is 33.7 Å². The van der Waals surface area contributed by atoms with Gasteiger partial charge in [0, 0.05) is 18.8 Å². The van der Waals surface area contributed by atoms with Gasteiger partial charge in [0.15, 0.2) is 9.84 Å². The maximum Gasteiger partial charge on any atom is 0.180 e. The predicted octanol–water partition coefficient (Wildman–Crippen LogP) is 3.82. The lowest BCUT2D eigenvalue weighted by Crippen LogP contribution is -2.13. The highest BCUT2D eigenvalue weighted by Crippen LogP contribution is 2.14. The first-order chi connectivity index (χ1) is 14.4. The number of benzene rings is 1. The molecule has 0 aliphatic heterocycles. The average molecular weight is 567 g/mol. The fraction of sp³-hybridized carbons (Fsp3) is 0.727. The maximum atomic E-state index is 11.5. The summed E-state index contributed by atoms with van der Waals surface area (Å²) in [5.74, 6) is 0. The van der Waals surface area contributed by atoms with Gasteiger partial charge in [0.25, 0.3) is 0 Å². The Morgan fingerprint density at radius 1 is 0.471 bits per heavy atom. The van der Waals surface area contributed by atoms with Crippen LogP contribution in [0, 0.1) is 0 Å². The minimum absolute atomic E-state index is 0. The first-order valence-electron chi connectivity index (χ1n) is 10.2. The quantitative estimate of drug-likeness (QED) is 0.524. The molecular formula is C22H46O8S4. The number of hydrogen-bond acceptors (Lipinski definition) is 8. The molecule has 0 amide bonds. The molecule has 0 radical (unpaired) electrons. The van der Waals surface area contributed by atoms with Crippen molar-refractivity contribution in [2.45, 2.75) is 88.7 Å². The third kappa shape index (κ3) is 20.4. The molecule has 206 valence electrons. The maximum absolute atomic E-state index is 11.5. The van der Waals surface area contributed by atoms with Crippen LogP contribution in [0.1, 0.15) is 62.8 Å². The Balaban J connectivity index is -0.000000182. The SMILES string of the molecule is C.CC(C)S(=O)(=O)c1ccccc1.CC(C)S(C)(=O)=O.CC(C)S(C)(=O)=O.CC(C)S(C)(=O)=O. The molecule has 0 spiro atoms. The Bertz CT molecular complexity index is 997. The van der Waals surface area contributed by atoms with Crippen molar-refractivity contribution in [3.8, 4) is 0 Å². The Labute approximate surface area is 210 Å². The van der Waals surface area contributed by atoms with E-state index < -0.39 is 39.3 Å². The summed E-state index contributed by atoms with van der Waals surface area (Å²) in [5.41, 5.74) is 0. The lowest BCUT2D eigenvalue weighted by molar-refractivity contribution is 0.586. The molecule has 0 bridgehead atoms. The fourth-order valence-electron chi connectivity index (χ4n) is 0.882. The highest BCUT2D eigenvalue weighted by atomic mass is 32.2. The number of hydrogen-bond donors (Lipinski definition) is 0. The molecule has 0 saturated carbocycles. The molecule has 0 heterocycles. The summed E-state index contributed by atoms with van der Waals surface area (Å²) in [7, 11) is -11.3. The summed E-state index contributed by atoms with van der Waals surface area (Å²) in [4.78, 5) is 0.403. The first-order valence-corrected chi connectivity index (χ1v) is 17.6. The summed E-state index contributed by atoms with van der Waals surface area (Å²) in [6.45, 7) is 13.3. The van der Waals surface area contributed by atoms with E-state index in [1.807, 2.05) is 0 Å². The van der Waals surface area contributed by atoms with E-state index in [2.05, 4.69) is 0 Å². The monoisotopic (exact) mass is 566 g/mol. The average Bonchev–Trinajstić information content (AvgIpc) is 2.61. The molecular weight excluding hydrogens is 521 g/mol. The third-order valence-electron chi connectivity index (χ3n) is 4.26. The summed E-state index contributed by atoms with van der Waals surface area (Å²) in [6, 6.07) is 8.51. The standard InChI is InChI=1S/C9H12O2S.3C4H10O2S.CH4/c1-8(2)12(10,11)9-6-4-3-5-7-9;3*1-4(2)7(3,5)6;/h3-8H,1-2H3;3*4H,1-3H3;1H4. The van der Waals surface area contributed by atoms with Crippen molar-refractivity contribution in [3.05, 3.63) is 30.3 Å². The molecule has 0 unspecified atom stereocenters. The van der Waals surface area contributed by atoms with Gasteiger partial charge in [-0.05, 0) is 67.5 Å². The summed E-state index contributed by atoms with van der Waals surface area (Å²) >= 11 is 0. The highest BCUT2D eigenvalue weighted by Gasteiger charge is 2.17. The molecule has 0 aliphatic rings. The van der Waals surface area contributed by atoms with Gasteiger partial charge in [-0.2, -0.15) is 0 Å². The molecule has 8 nitrogen and oxygen atoms in total. The lowest BCUT2D eigenvalue weighted by atomic mass is 10.4. The van der Waals surface area contributed by atoms with Crippen LogP contribution < -0.4 is 0 Å². The topological polar surface area (TPSA) is 137 Å². The Morgan fingerprint density at radius 3 is 0.824 bits per heavy atom. The van der Waals surface area contributed by atoms with Crippen molar-refractivity contribution in [2.24, 2.45) is 0 Å². The van der Waals surface area contributed by atoms with Gasteiger partial charge in [-0.1, -0.05) is 25.6 Å². The van der Waals surface area contributed by atoms with Crippen molar-refractivity contribution in [1.82, 2.24) is 0 Å². The molecule has 1 aromatic carbocycles. The van der Waals surface area contributed by atoms with Crippen LogP contribution in [0.2, 0.25) is 0 Å². The number of sulfone groups is 4. The molecule has 1 rings (SSSR count). The van der Waals surface area contributed by atoms with Crippen LogP contribution in [-0.2, 0) is 39.3 Å². The molecule has 0 fully saturated rings. The van der Waals surface area contributed by atoms with Crippen LogP contribution >= 0.6 is 0 Å². The van der Waals surface area contributed by atoms with Crippen molar-refractivity contribution < 1.29 is 33.7 Å². The van der Waals surface area contributed by atoms with E-state index >= 15 is 0 Å². The minimum Gasteiger partial charge on any atom is -0.229 e. The summed E-state index contributed by atoms with van der Waals surface area (Å²) in [6.07, 6.45) is 3.70. The molecule has 0 N–H and O–H groups in total. The molecule has 0 aliphatic carbocycles. The van der Waals surface area contributed by atoms with Crippen LogP contribution in [0.15, 0.2) is 35.2 Å². The minimum atomic E-state index is -3.08. The van der Waals surface area contributed by atoms with Gasteiger partial charge >= 0.3 is 0 Å². The molecule has 12 heteroatoms. The van der Waals surface area contributed by atoms with Gasteiger partial charge in [-0.15, -0.1) is 0 Å². The molecule has 34 heavy (non-hydrogen) atoms. The largest absolute Gasteiger partial charge is 0.229 e. The van der Waals surface area contributed by atoms with Crippen LogP contribution in [0.3, 0.4) is 0 Å². The highest BCUT2D eigenvalue weighted by molar-refractivity contribution is 7.92. The van der Waals surface area contributed by atoms with E-state index in [-0.39, 0.29) is 28.4 Å².